The van der Waals surface area contributed by atoms with E-state index in [1.54, 1.807) is 11.7 Å². The van der Waals surface area contributed by atoms with Crippen molar-refractivity contribution in [2.24, 2.45) is 0 Å². The van der Waals surface area contributed by atoms with Crippen molar-refractivity contribution in [3.05, 3.63) is 89.2 Å². The Balaban J connectivity index is 1.64. The Hall–Kier alpha value is -3.60. The fourth-order valence-electron chi connectivity index (χ4n) is 3.27. The van der Waals surface area contributed by atoms with Crippen LogP contribution in [0.5, 0.6) is 11.5 Å². The predicted molar refractivity (Wildman–Crippen MR) is 115 cm³/mol. The summed E-state index contributed by atoms with van der Waals surface area (Å²) in [5.74, 6) is 2.24. The minimum Gasteiger partial charge on any atom is -0.497 e. The second kappa shape index (κ2) is 8.61. The maximum atomic E-state index is 13.2. The van der Waals surface area contributed by atoms with Crippen LogP contribution in [-0.2, 0) is 6.54 Å². The van der Waals surface area contributed by atoms with Gasteiger partial charge in [0.2, 0.25) is 0 Å². The molecule has 5 heteroatoms. The summed E-state index contributed by atoms with van der Waals surface area (Å²) in [4.78, 5) is 17.9. The lowest BCUT2D eigenvalue weighted by Crippen LogP contribution is -2.24. The van der Waals surface area contributed by atoms with Crippen LogP contribution in [0.4, 0.5) is 0 Å². The monoisotopic (exact) mass is 386 g/mol. The summed E-state index contributed by atoms with van der Waals surface area (Å²) in [6.07, 6.45) is 0.692. The predicted octanol–water partition coefficient (Wildman–Crippen LogP) is 4.54. The van der Waals surface area contributed by atoms with Gasteiger partial charge in [0.05, 0.1) is 24.6 Å². The molecule has 0 unspecified atom stereocenters. The van der Waals surface area contributed by atoms with E-state index in [0.717, 1.165) is 17.1 Å². The minimum atomic E-state index is -0.0406. The topological polar surface area (TPSA) is 53.3 Å². The number of hydrogen-bond acceptors (Lipinski definition) is 4. The van der Waals surface area contributed by atoms with Crippen LogP contribution in [0.25, 0.3) is 22.3 Å². The minimum absolute atomic E-state index is 0.0406. The maximum absolute atomic E-state index is 13.2. The second-order valence-corrected chi connectivity index (χ2v) is 6.65. The third-order valence-corrected chi connectivity index (χ3v) is 4.75. The highest BCUT2D eigenvalue weighted by molar-refractivity contribution is 5.79. The van der Waals surface area contributed by atoms with Gasteiger partial charge in [-0.1, -0.05) is 30.3 Å². The van der Waals surface area contributed by atoms with Gasteiger partial charge < -0.3 is 9.47 Å². The Morgan fingerprint density at radius 3 is 2.34 bits per heavy atom. The Morgan fingerprint density at radius 2 is 1.59 bits per heavy atom. The van der Waals surface area contributed by atoms with Gasteiger partial charge in [0.15, 0.2) is 0 Å². The van der Waals surface area contributed by atoms with Crippen LogP contribution < -0.4 is 15.0 Å². The Bertz CT molecular complexity index is 1150. The van der Waals surface area contributed by atoms with Gasteiger partial charge in [0.1, 0.15) is 17.3 Å². The average Bonchev–Trinajstić information content (AvgIpc) is 2.78. The van der Waals surface area contributed by atoms with Gasteiger partial charge in [-0.2, -0.15) is 0 Å². The van der Waals surface area contributed by atoms with Crippen LogP contribution in [-0.4, -0.2) is 23.3 Å². The molecule has 0 saturated heterocycles. The second-order valence-electron chi connectivity index (χ2n) is 6.65. The molecule has 0 amide bonds. The van der Waals surface area contributed by atoms with Crippen molar-refractivity contribution < 1.29 is 9.47 Å². The number of nitrogens with zero attached hydrogens (tertiary/aromatic N) is 2. The van der Waals surface area contributed by atoms with E-state index >= 15 is 0 Å². The quantitative estimate of drug-likeness (QED) is 0.438. The number of aromatic nitrogens is 2. The van der Waals surface area contributed by atoms with Crippen LogP contribution in [0, 0.1) is 0 Å². The lowest BCUT2D eigenvalue weighted by atomic mass is 10.1. The Labute approximate surface area is 169 Å². The van der Waals surface area contributed by atoms with Crippen LogP contribution in [0.1, 0.15) is 6.42 Å². The van der Waals surface area contributed by atoms with E-state index in [1.165, 1.54) is 0 Å². The van der Waals surface area contributed by atoms with Crippen molar-refractivity contribution in [2.75, 3.05) is 13.7 Å². The molecule has 4 rings (SSSR count). The Kier molecular flexibility index (Phi) is 5.56. The van der Waals surface area contributed by atoms with Gasteiger partial charge >= 0.3 is 0 Å². The lowest BCUT2D eigenvalue weighted by Gasteiger charge is -2.14. The third-order valence-electron chi connectivity index (χ3n) is 4.75. The zero-order valence-corrected chi connectivity index (χ0v) is 16.2. The number of benzene rings is 3. The highest BCUT2D eigenvalue weighted by atomic mass is 16.5. The SMILES string of the molecule is COc1ccc(-c2nc3ccccc3c(=O)n2CCCOc2ccccc2)cc1. The lowest BCUT2D eigenvalue weighted by molar-refractivity contribution is 0.301. The van der Waals surface area contributed by atoms with Gasteiger partial charge in [-0.25, -0.2) is 4.98 Å². The van der Waals surface area contributed by atoms with Gasteiger partial charge in [-0.3, -0.25) is 9.36 Å². The molecule has 0 N–H and O–H groups in total. The summed E-state index contributed by atoms with van der Waals surface area (Å²) in [5, 5.41) is 0.619. The highest BCUT2D eigenvalue weighted by Gasteiger charge is 2.13. The molecule has 29 heavy (non-hydrogen) atoms. The zero-order chi connectivity index (χ0) is 20.1. The molecule has 5 nitrogen and oxygen atoms in total. The van der Waals surface area contributed by atoms with Crippen LogP contribution in [0.3, 0.4) is 0 Å². The molecule has 0 atom stereocenters. The number of fused-ring (bicyclic) bond motifs is 1. The molecule has 0 fully saturated rings. The van der Waals surface area contributed by atoms with Crippen molar-refractivity contribution in [2.45, 2.75) is 13.0 Å². The summed E-state index contributed by atoms with van der Waals surface area (Å²) in [6, 6.07) is 24.7. The van der Waals surface area contributed by atoms with E-state index in [2.05, 4.69) is 0 Å². The molecule has 0 spiro atoms. The smallest absolute Gasteiger partial charge is 0.261 e. The van der Waals surface area contributed by atoms with Crippen molar-refractivity contribution >= 4 is 10.9 Å². The first-order valence-corrected chi connectivity index (χ1v) is 9.58. The highest BCUT2D eigenvalue weighted by Crippen LogP contribution is 2.22. The van der Waals surface area contributed by atoms with Crippen molar-refractivity contribution in [1.29, 1.82) is 0 Å². The molecule has 1 heterocycles. The molecule has 4 aromatic rings. The first kappa shape index (κ1) is 18.7. The number of para-hydroxylation sites is 2. The summed E-state index contributed by atoms with van der Waals surface area (Å²) in [7, 11) is 1.63. The average molecular weight is 386 g/mol. The first-order valence-electron chi connectivity index (χ1n) is 9.58. The van der Waals surface area contributed by atoms with Gasteiger partial charge in [-0.15, -0.1) is 0 Å². The fourth-order valence-corrected chi connectivity index (χ4v) is 3.27. The fraction of sp³-hybridized carbons (Fsp3) is 0.167. The van der Waals surface area contributed by atoms with Crippen molar-refractivity contribution in [1.82, 2.24) is 9.55 Å². The van der Waals surface area contributed by atoms with E-state index < -0.39 is 0 Å². The molecule has 0 aliphatic carbocycles. The maximum Gasteiger partial charge on any atom is 0.261 e. The van der Waals surface area contributed by atoms with E-state index in [-0.39, 0.29) is 5.56 Å². The van der Waals surface area contributed by atoms with Crippen molar-refractivity contribution in [3.8, 4) is 22.9 Å². The molecule has 0 radical (unpaired) electrons. The van der Waals surface area contributed by atoms with E-state index in [0.29, 0.717) is 36.3 Å². The molecule has 146 valence electrons. The first-order chi connectivity index (χ1) is 14.3. The van der Waals surface area contributed by atoms with Gasteiger partial charge in [0, 0.05) is 12.1 Å². The molecule has 0 saturated carbocycles. The molecule has 0 aliphatic rings. The van der Waals surface area contributed by atoms with E-state index in [1.807, 2.05) is 78.9 Å². The van der Waals surface area contributed by atoms with Crippen LogP contribution in [0.15, 0.2) is 83.7 Å². The van der Waals surface area contributed by atoms with E-state index in [9.17, 15) is 4.79 Å². The largest absolute Gasteiger partial charge is 0.497 e. The standard InChI is InChI=1S/C24H22N2O3/c1-28-19-14-12-18(13-15-19)23-25-22-11-6-5-10-21(22)24(27)26(23)16-7-17-29-20-8-3-2-4-9-20/h2-6,8-15H,7,16-17H2,1H3. The third kappa shape index (κ3) is 4.14. The number of ether oxygens (including phenoxy) is 2. The van der Waals surface area contributed by atoms with Crippen LogP contribution >= 0.6 is 0 Å². The normalized spacial score (nSPS) is 10.8. The Morgan fingerprint density at radius 1 is 0.862 bits per heavy atom. The summed E-state index contributed by atoms with van der Waals surface area (Å²) in [6.45, 7) is 1.04. The molecule has 1 aromatic heterocycles. The summed E-state index contributed by atoms with van der Waals surface area (Å²) in [5.41, 5.74) is 1.53. The summed E-state index contributed by atoms with van der Waals surface area (Å²) < 4.78 is 12.8. The zero-order valence-electron chi connectivity index (χ0n) is 16.2. The molecule has 0 bridgehead atoms. The van der Waals surface area contributed by atoms with E-state index in [4.69, 9.17) is 14.5 Å². The van der Waals surface area contributed by atoms with Crippen LogP contribution in [0.2, 0.25) is 0 Å². The summed E-state index contributed by atoms with van der Waals surface area (Å²) >= 11 is 0. The van der Waals surface area contributed by atoms with Gasteiger partial charge in [-0.05, 0) is 55.0 Å². The molecular weight excluding hydrogens is 364 g/mol. The molecule has 3 aromatic carbocycles. The van der Waals surface area contributed by atoms with Crippen molar-refractivity contribution in [3.63, 3.8) is 0 Å². The molecular formula is C24H22N2O3. The van der Waals surface area contributed by atoms with Gasteiger partial charge in [0.25, 0.3) is 5.56 Å². The number of rotatable bonds is 7. The number of hydrogen-bond donors (Lipinski definition) is 0. The number of methoxy groups -OCH3 is 1. The molecule has 0 aliphatic heterocycles.